The fraction of sp³-hybridized carbons (Fsp3) is 0.312. The van der Waals surface area contributed by atoms with E-state index >= 15 is 0 Å². The van der Waals surface area contributed by atoms with Crippen molar-refractivity contribution >= 4 is 23.2 Å². The standard InChI is InChI=1S/C16H19ClN2O2/c1-3-18-15-7-6-12(17)10-14(15)16(20)19-11(2)9-13-5-4-8-21-13/h4-8,10-11,18H,3,9H2,1-2H3,(H,19,20). The number of hydrogen-bond acceptors (Lipinski definition) is 3. The molecule has 2 rings (SSSR count). The first-order chi connectivity index (χ1) is 10.1. The molecule has 0 aliphatic carbocycles. The van der Waals surface area contributed by atoms with Gasteiger partial charge in [-0.15, -0.1) is 0 Å². The molecule has 0 bridgehead atoms. The minimum atomic E-state index is -0.146. The Morgan fingerprint density at radius 1 is 1.38 bits per heavy atom. The molecule has 0 fully saturated rings. The molecule has 0 radical (unpaired) electrons. The van der Waals surface area contributed by atoms with Crippen LogP contribution in [0, 0.1) is 0 Å². The second kappa shape index (κ2) is 7.18. The van der Waals surface area contributed by atoms with E-state index in [9.17, 15) is 4.79 Å². The fourth-order valence-electron chi connectivity index (χ4n) is 2.13. The summed E-state index contributed by atoms with van der Waals surface area (Å²) in [6.07, 6.45) is 2.28. The summed E-state index contributed by atoms with van der Waals surface area (Å²) in [6, 6.07) is 8.96. The Balaban J connectivity index is 2.07. The number of furan rings is 1. The summed E-state index contributed by atoms with van der Waals surface area (Å²) in [4.78, 5) is 12.4. The lowest BCUT2D eigenvalue weighted by Gasteiger charge is -2.15. The number of anilines is 1. The number of benzene rings is 1. The summed E-state index contributed by atoms with van der Waals surface area (Å²) in [5.74, 6) is 0.702. The predicted octanol–water partition coefficient (Wildman–Crippen LogP) is 3.73. The van der Waals surface area contributed by atoms with Gasteiger partial charge in [-0.05, 0) is 44.2 Å². The van der Waals surface area contributed by atoms with E-state index in [0.717, 1.165) is 18.0 Å². The lowest BCUT2D eigenvalue weighted by Crippen LogP contribution is -2.34. The van der Waals surface area contributed by atoms with Crippen LogP contribution in [0.25, 0.3) is 0 Å². The van der Waals surface area contributed by atoms with Crippen LogP contribution in [0.2, 0.25) is 5.02 Å². The molecule has 0 aliphatic heterocycles. The fourth-order valence-corrected chi connectivity index (χ4v) is 2.30. The Kier molecular flexibility index (Phi) is 5.28. The van der Waals surface area contributed by atoms with Gasteiger partial charge in [-0.3, -0.25) is 4.79 Å². The van der Waals surface area contributed by atoms with Gasteiger partial charge in [0.25, 0.3) is 5.91 Å². The summed E-state index contributed by atoms with van der Waals surface area (Å²) in [6.45, 7) is 4.66. The number of rotatable bonds is 6. The topological polar surface area (TPSA) is 54.3 Å². The molecule has 1 amide bonds. The van der Waals surface area contributed by atoms with Crippen LogP contribution in [0.3, 0.4) is 0 Å². The zero-order valence-electron chi connectivity index (χ0n) is 12.2. The number of carbonyl (C=O) groups excluding carboxylic acids is 1. The Hall–Kier alpha value is -1.94. The van der Waals surface area contributed by atoms with E-state index in [1.165, 1.54) is 0 Å². The minimum Gasteiger partial charge on any atom is -0.469 e. The number of hydrogen-bond donors (Lipinski definition) is 2. The third kappa shape index (κ3) is 4.26. The van der Waals surface area contributed by atoms with Crippen LogP contribution in [0.15, 0.2) is 41.0 Å². The SMILES string of the molecule is CCNc1ccc(Cl)cc1C(=O)NC(C)Cc1ccco1. The van der Waals surface area contributed by atoms with Crippen molar-refractivity contribution in [2.45, 2.75) is 26.3 Å². The van der Waals surface area contributed by atoms with Crippen LogP contribution in [-0.2, 0) is 6.42 Å². The van der Waals surface area contributed by atoms with Crippen LogP contribution < -0.4 is 10.6 Å². The van der Waals surface area contributed by atoms with Crippen molar-refractivity contribution in [1.82, 2.24) is 5.32 Å². The smallest absolute Gasteiger partial charge is 0.253 e. The largest absolute Gasteiger partial charge is 0.469 e. The van der Waals surface area contributed by atoms with E-state index in [-0.39, 0.29) is 11.9 Å². The normalized spacial score (nSPS) is 12.0. The molecule has 112 valence electrons. The minimum absolute atomic E-state index is 0.0305. The average molecular weight is 307 g/mol. The molecule has 0 saturated heterocycles. The molecule has 1 atom stereocenters. The lowest BCUT2D eigenvalue weighted by atomic mass is 10.1. The highest BCUT2D eigenvalue weighted by Gasteiger charge is 2.15. The highest BCUT2D eigenvalue weighted by molar-refractivity contribution is 6.31. The van der Waals surface area contributed by atoms with Crippen molar-refractivity contribution < 1.29 is 9.21 Å². The first kappa shape index (κ1) is 15.4. The summed E-state index contributed by atoms with van der Waals surface area (Å²) in [7, 11) is 0. The predicted molar refractivity (Wildman–Crippen MR) is 85.0 cm³/mol. The number of halogens is 1. The second-order valence-corrected chi connectivity index (χ2v) is 5.31. The molecule has 4 nitrogen and oxygen atoms in total. The maximum Gasteiger partial charge on any atom is 0.253 e. The van der Waals surface area contributed by atoms with E-state index in [1.807, 2.05) is 32.0 Å². The highest BCUT2D eigenvalue weighted by atomic mass is 35.5. The van der Waals surface area contributed by atoms with Crippen molar-refractivity contribution in [3.8, 4) is 0 Å². The summed E-state index contributed by atoms with van der Waals surface area (Å²) in [5.41, 5.74) is 1.33. The summed E-state index contributed by atoms with van der Waals surface area (Å²) >= 11 is 5.99. The van der Waals surface area contributed by atoms with Crippen molar-refractivity contribution in [1.29, 1.82) is 0 Å². The van der Waals surface area contributed by atoms with E-state index in [1.54, 1.807) is 18.4 Å². The zero-order chi connectivity index (χ0) is 15.2. The Morgan fingerprint density at radius 3 is 2.86 bits per heavy atom. The Morgan fingerprint density at radius 2 is 2.19 bits per heavy atom. The van der Waals surface area contributed by atoms with Crippen LogP contribution >= 0.6 is 11.6 Å². The van der Waals surface area contributed by atoms with Crippen molar-refractivity contribution in [2.24, 2.45) is 0 Å². The lowest BCUT2D eigenvalue weighted by molar-refractivity contribution is 0.0940. The molecule has 0 saturated carbocycles. The quantitative estimate of drug-likeness (QED) is 0.855. The molecule has 2 N–H and O–H groups in total. The molecule has 21 heavy (non-hydrogen) atoms. The second-order valence-electron chi connectivity index (χ2n) is 4.88. The first-order valence-electron chi connectivity index (χ1n) is 6.96. The zero-order valence-corrected chi connectivity index (χ0v) is 12.9. The van der Waals surface area contributed by atoms with Gasteiger partial charge in [-0.1, -0.05) is 11.6 Å². The van der Waals surface area contributed by atoms with Gasteiger partial charge >= 0.3 is 0 Å². The molecule has 1 unspecified atom stereocenters. The molecule has 0 aliphatic rings. The third-order valence-electron chi connectivity index (χ3n) is 3.06. The van der Waals surface area contributed by atoms with Crippen molar-refractivity contribution in [3.05, 3.63) is 52.9 Å². The van der Waals surface area contributed by atoms with Crippen LogP contribution in [0.4, 0.5) is 5.69 Å². The van der Waals surface area contributed by atoms with Crippen molar-refractivity contribution in [3.63, 3.8) is 0 Å². The number of carbonyl (C=O) groups is 1. The van der Waals surface area contributed by atoms with Crippen molar-refractivity contribution in [2.75, 3.05) is 11.9 Å². The van der Waals surface area contributed by atoms with Gasteiger partial charge in [0.15, 0.2) is 0 Å². The van der Waals surface area contributed by atoms with E-state index in [2.05, 4.69) is 10.6 Å². The third-order valence-corrected chi connectivity index (χ3v) is 3.29. The average Bonchev–Trinajstić information content (AvgIpc) is 2.93. The van der Waals surface area contributed by atoms with E-state index < -0.39 is 0 Å². The maximum absolute atomic E-state index is 12.4. The van der Waals surface area contributed by atoms with Gasteiger partial charge in [0.2, 0.25) is 0 Å². The van der Waals surface area contributed by atoms with Gasteiger partial charge in [-0.2, -0.15) is 0 Å². The molecule has 5 heteroatoms. The molecular formula is C16H19ClN2O2. The Bertz CT molecular complexity index is 596. The molecule has 1 aromatic heterocycles. The number of amides is 1. The highest BCUT2D eigenvalue weighted by Crippen LogP contribution is 2.21. The van der Waals surface area contributed by atoms with Crippen LogP contribution in [0.1, 0.15) is 30.0 Å². The molecule has 2 aromatic rings. The summed E-state index contributed by atoms with van der Waals surface area (Å²) < 4.78 is 5.29. The van der Waals surface area contributed by atoms with Crippen LogP contribution in [-0.4, -0.2) is 18.5 Å². The number of nitrogens with one attached hydrogen (secondary N) is 2. The maximum atomic E-state index is 12.4. The van der Waals surface area contributed by atoms with E-state index in [0.29, 0.717) is 17.0 Å². The molecule has 1 aromatic carbocycles. The first-order valence-corrected chi connectivity index (χ1v) is 7.34. The Labute approximate surface area is 129 Å². The molecule has 0 spiro atoms. The molecule has 1 heterocycles. The van der Waals surface area contributed by atoms with Gasteiger partial charge in [-0.25, -0.2) is 0 Å². The van der Waals surface area contributed by atoms with Gasteiger partial charge < -0.3 is 15.1 Å². The molecular weight excluding hydrogens is 288 g/mol. The van der Waals surface area contributed by atoms with Gasteiger partial charge in [0.05, 0.1) is 11.8 Å². The van der Waals surface area contributed by atoms with Gasteiger partial charge in [0, 0.05) is 29.7 Å². The summed E-state index contributed by atoms with van der Waals surface area (Å²) in [5, 5.41) is 6.67. The van der Waals surface area contributed by atoms with Crippen LogP contribution in [0.5, 0.6) is 0 Å². The monoisotopic (exact) mass is 306 g/mol. The van der Waals surface area contributed by atoms with E-state index in [4.69, 9.17) is 16.0 Å². The van der Waals surface area contributed by atoms with Gasteiger partial charge in [0.1, 0.15) is 5.76 Å².